The summed E-state index contributed by atoms with van der Waals surface area (Å²) in [5.41, 5.74) is 2.02. The Kier molecular flexibility index (Phi) is 3.35. The van der Waals surface area contributed by atoms with Crippen molar-refractivity contribution >= 4 is 34.6 Å². The Labute approximate surface area is 119 Å². The van der Waals surface area contributed by atoms with E-state index in [2.05, 4.69) is 14.5 Å². The Bertz CT molecular complexity index is 743. The van der Waals surface area contributed by atoms with E-state index in [0.717, 1.165) is 39.5 Å². The Morgan fingerprint density at radius 2 is 2.37 bits per heavy atom. The van der Waals surface area contributed by atoms with Crippen LogP contribution in [0.4, 0.5) is 0 Å². The van der Waals surface area contributed by atoms with E-state index in [1.54, 1.807) is 18.4 Å². The molecule has 0 saturated heterocycles. The third kappa shape index (κ3) is 2.29. The predicted octanol–water partition coefficient (Wildman–Crippen LogP) is 3.41. The monoisotopic (exact) mass is 291 g/mol. The Balaban J connectivity index is 1.99. The van der Waals surface area contributed by atoms with Gasteiger partial charge in [0.1, 0.15) is 11.3 Å². The number of hydrogen-bond donors (Lipinski definition) is 1. The number of H-pyrrole nitrogens is 1. The molecule has 19 heavy (non-hydrogen) atoms. The first-order valence-electron chi connectivity index (χ1n) is 5.93. The molecule has 0 atom stereocenters. The zero-order chi connectivity index (χ0) is 13.2. The van der Waals surface area contributed by atoms with Crippen molar-refractivity contribution in [2.45, 2.75) is 13.0 Å². The number of benzene rings is 1. The molecule has 6 heteroatoms. The van der Waals surface area contributed by atoms with Crippen molar-refractivity contribution in [1.82, 2.24) is 14.5 Å². The molecule has 1 N–H and O–H groups in total. The van der Waals surface area contributed by atoms with Crippen LogP contribution in [0.5, 0.6) is 5.75 Å². The summed E-state index contributed by atoms with van der Waals surface area (Å²) in [5, 5.41) is 3.12. The first-order chi connectivity index (χ1) is 9.29. The number of nitrogens with zero attached hydrogens (tertiary/aromatic N) is 2. The normalized spacial score (nSPS) is 11.0. The van der Waals surface area contributed by atoms with Gasteiger partial charge in [0.05, 0.1) is 17.6 Å². The van der Waals surface area contributed by atoms with Crippen LogP contribution in [-0.2, 0) is 13.0 Å². The minimum Gasteiger partial charge on any atom is -0.494 e. The first kappa shape index (κ1) is 12.4. The topological polar surface area (TPSA) is 42.8 Å². The predicted molar refractivity (Wildman–Crippen MR) is 79.5 cm³/mol. The number of methoxy groups -OCH3 is 1. The van der Waals surface area contributed by atoms with E-state index in [9.17, 15) is 0 Å². The van der Waals surface area contributed by atoms with E-state index in [-0.39, 0.29) is 0 Å². The molecule has 0 unspecified atom stereocenters. The van der Waals surface area contributed by atoms with Crippen LogP contribution in [0, 0.1) is 4.77 Å². The highest BCUT2D eigenvalue weighted by Crippen LogP contribution is 2.24. The summed E-state index contributed by atoms with van der Waals surface area (Å²) in [4.78, 5) is 7.51. The highest BCUT2D eigenvalue weighted by Gasteiger charge is 2.08. The number of para-hydroxylation sites is 1. The van der Waals surface area contributed by atoms with Gasteiger partial charge in [-0.2, -0.15) is 0 Å². The van der Waals surface area contributed by atoms with Gasteiger partial charge < -0.3 is 14.3 Å². The van der Waals surface area contributed by atoms with Crippen LogP contribution in [0.15, 0.2) is 29.8 Å². The van der Waals surface area contributed by atoms with E-state index in [1.807, 2.05) is 29.8 Å². The SMILES string of the molecule is COc1cccc2c1[nH]c(=S)n2CCc1nccs1. The van der Waals surface area contributed by atoms with Gasteiger partial charge in [0.2, 0.25) is 0 Å². The van der Waals surface area contributed by atoms with Gasteiger partial charge in [-0.3, -0.25) is 0 Å². The molecular weight excluding hydrogens is 278 g/mol. The fourth-order valence-corrected chi connectivity index (χ4v) is 3.03. The van der Waals surface area contributed by atoms with E-state index in [1.165, 1.54) is 0 Å². The number of thiazole rings is 1. The lowest BCUT2D eigenvalue weighted by molar-refractivity contribution is 0.419. The minimum atomic E-state index is 0.719. The van der Waals surface area contributed by atoms with E-state index >= 15 is 0 Å². The summed E-state index contributed by atoms with van der Waals surface area (Å²) >= 11 is 7.06. The third-order valence-corrected chi connectivity index (χ3v) is 4.19. The second-order valence-electron chi connectivity index (χ2n) is 4.11. The van der Waals surface area contributed by atoms with Gasteiger partial charge in [-0.15, -0.1) is 11.3 Å². The van der Waals surface area contributed by atoms with Crippen molar-refractivity contribution in [2.75, 3.05) is 7.11 Å². The third-order valence-electron chi connectivity index (χ3n) is 3.02. The summed E-state index contributed by atoms with van der Waals surface area (Å²) in [6, 6.07) is 5.95. The molecule has 0 amide bonds. The molecule has 2 aromatic heterocycles. The van der Waals surface area contributed by atoms with Crippen LogP contribution in [0.3, 0.4) is 0 Å². The standard InChI is InChI=1S/C13H13N3OS2/c1-17-10-4-2-3-9-12(10)15-13(18)16(9)7-5-11-14-6-8-19-11/h2-4,6,8H,5,7H2,1H3,(H,15,18). The van der Waals surface area contributed by atoms with Crippen molar-refractivity contribution in [2.24, 2.45) is 0 Å². The minimum absolute atomic E-state index is 0.719. The van der Waals surface area contributed by atoms with Crippen molar-refractivity contribution < 1.29 is 4.74 Å². The van der Waals surface area contributed by atoms with Gasteiger partial charge in [0, 0.05) is 24.5 Å². The van der Waals surface area contributed by atoms with Gasteiger partial charge in [-0.25, -0.2) is 4.98 Å². The molecular formula is C13H13N3OS2. The van der Waals surface area contributed by atoms with Gasteiger partial charge >= 0.3 is 0 Å². The van der Waals surface area contributed by atoms with Crippen molar-refractivity contribution in [3.05, 3.63) is 39.6 Å². The molecule has 4 nitrogen and oxygen atoms in total. The maximum Gasteiger partial charge on any atom is 0.178 e. The molecule has 0 bridgehead atoms. The lowest BCUT2D eigenvalue weighted by Crippen LogP contribution is -2.01. The zero-order valence-corrected chi connectivity index (χ0v) is 12.1. The fraction of sp³-hybridized carbons (Fsp3) is 0.231. The van der Waals surface area contributed by atoms with E-state index < -0.39 is 0 Å². The zero-order valence-electron chi connectivity index (χ0n) is 10.4. The molecule has 3 aromatic rings. The molecule has 0 aliphatic carbocycles. The number of ether oxygens (including phenoxy) is 1. The van der Waals surface area contributed by atoms with Crippen LogP contribution in [0.2, 0.25) is 0 Å². The second-order valence-corrected chi connectivity index (χ2v) is 5.48. The number of imidazole rings is 1. The molecule has 3 rings (SSSR count). The van der Waals surface area contributed by atoms with Crippen LogP contribution in [0.1, 0.15) is 5.01 Å². The van der Waals surface area contributed by atoms with Gasteiger partial charge in [-0.1, -0.05) is 6.07 Å². The molecule has 0 aliphatic rings. The summed E-state index contributed by atoms with van der Waals surface area (Å²) in [7, 11) is 1.67. The summed E-state index contributed by atoms with van der Waals surface area (Å²) in [6.07, 6.45) is 2.72. The number of aromatic amines is 1. The summed E-state index contributed by atoms with van der Waals surface area (Å²) < 4.78 is 8.16. The second kappa shape index (κ2) is 5.14. The first-order valence-corrected chi connectivity index (χ1v) is 7.22. The van der Waals surface area contributed by atoms with Crippen molar-refractivity contribution in [3.63, 3.8) is 0 Å². The number of aryl methyl sites for hydroxylation is 2. The lowest BCUT2D eigenvalue weighted by Gasteiger charge is -2.04. The molecule has 0 fully saturated rings. The Morgan fingerprint density at radius 3 is 3.11 bits per heavy atom. The van der Waals surface area contributed by atoms with Gasteiger partial charge in [0.15, 0.2) is 4.77 Å². The quantitative estimate of drug-likeness (QED) is 0.749. The maximum atomic E-state index is 5.39. The largest absolute Gasteiger partial charge is 0.494 e. The number of aromatic nitrogens is 3. The number of fused-ring (bicyclic) bond motifs is 1. The highest BCUT2D eigenvalue weighted by molar-refractivity contribution is 7.71. The number of hydrogen-bond acceptors (Lipinski definition) is 4. The molecule has 0 radical (unpaired) electrons. The Morgan fingerprint density at radius 1 is 1.47 bits per heavy atom. The van der Waals surface area contributed by atoms with E-state index in [0.29, 0.717) is 0 Å². The van der Waals surface area contributed by atoms with Crippen LogP contribution < -0.4 is 4.74 Å². The molecule has 98 valence electrons. The number of nitrogens with one attached hydrogen (secondary N) is 1. The van der Waals surface area contributed by atoms with Crippen LogP contribution >= 0.6 is 23.6 Å². The maximum absolute atomic E-state index is 5.39. The number of rotatable bonds is 4. The van der Waals surface area contributed by atoms with Crippen LogP contribution in [0.25, 0.3) is 11.0 Å². The van der Waals surface area contributed by atoms with Crippen molar-refractivity contribution in [1.29, 1.82) is 0 Å². The fourth-order valence-electron chi connectivity index (χ4n) is 2.13. The smallest absolute Gasteiger partial charge is 0.178 e. The van der Waals surface area contributed by atoms with Gasteiger partial charge in [0.25, 0.3) is 0 Å². The van der Waals surface area contributed by atoms with Gasteiger partial charge in [-0.05, 0) is 24.4 Å². The average Bonchev–Trinajstić information content (AvgIpc) is 3.03. The lowest BCUT2D eigenvalue weighted by atomic mass is 10.3. The molecule has 0 saturated carbocycles. The van der Waals surface area contributed by atoms with Crippen LogP contribution in [-0.4, -0.2) is 21.6 Å². The Hall–Kier alpha value is -1.66. The van der Waals surface area contributed by atoms with Crippen molar-refractivity contribution in [3.8, 4) is 5.75 Å². The molecule has 1 aromatic carbocycles. The highest BCUT2D eigenvalue weighted by atomic mass is 32.1. The molecule has 2 heterocycles. The summed E-state index contributed by atoms with van der Waals surface area (Å²) in [6.45, 7) is 0.819. The molecule has 0 aliphatic heterocycles. The van der Waals surface area contributed by atoms with E-state index in [4.69, 9.17) is 17.0 Å². The molecule has 0 spiro atoms. The average molecular weight is 291 g/mol. The summed E-state index contributed by atoms with van der Waals surface area (Å²) in [5.74, 6) is 0.816.